The second kappa shape index (κ2) is 10.7. The minimum absolute atomic E-state index is 0. The number of benzene rings is 1. The number of halogens is 1. The van der Waals surface area contributed by atoms with Crippen LogP contribution in [0, 0.1) is 0 Å². The summed E-state index contributed by atoms with van der Waals surface area (Å²) in [6.07, 6.45) is 1.53. The predicted octanol–water partition coefficient (Wildman–Crippen LogP) is 3.28. The Balaban J connectivity index is 0.00000288. The molecule has 0 saturated heterocycles. The number of rotatable bonds is 7. The average Bonchev–Trinajstić information content (AvgIpc) is 3.07. The van der Waals surface area contributed by atoms with Crippen LogP contribution in [0.25, 0.3) is 0 Å². The molecule has 8 heteroatoms. The van der Waals surface area contributed by atoms with E-state index in [1.165, 1.54) is 6.26 Å². The summed E-state index contributed by atoms with van der Waals surface area (Å²) in [5, 5.41) is 10.3. The number of hydrogen-bond acceptors (Lipinski definition) is 5. The monoisotopic (exact) mass is 446 g/mol. The molecule has 7 nitrogen and oxygen atoms in total. The number of ether oxygens (including phenoxy) is 2. The van der Waals surface area contributed by atoms with E-state index in [9.17, 15) is 0 Å². The molecule has 1 aromatic heterocycles. The Kier molecular flexibility index (Phi) is 8.98. The van der Waals surface area contributed by atoms with Crippen LogP contribution in [-0.2, 0) is 6.54 Å². The quantitative estimate of drug-likeness (QED) is 0.386. The largest absolute Gasteiger partial charge is 0.493 e. The third kappa shape index (κ3) is 5.91. The van der Waals surface area contributed by atoms with Gasteiger partial charge in [0.25, 0.3) is 0 Å². The normalized spacial score (nSPS) is 10.7. The maximum absolute atomic E-state index is 5.58. The highest BCUT2D eigenvalue weighted by molar-refractivity contribution is 14.0. The predicted molar refractivity (Wildman–Crippen MR) is 105 cm³/mol. The Morgan fingerprint density at radius 3 is 2.71 bits per heavy atom. The van der Waals surface area contributed by atoms with Crippen LogP contribution in [0.4, 0.5) is 5.69 Å². The zero-order valence-electron chi connectivity index (χ0n) is 14.0. The van der Waals surface area contributed by atoms with Crippen molar-refractivity contribution in [1.82, 2.24) is 10.5 Å². The molecule has 0 radical (unpaired) electrons. The second-order valence-corrected chi connectivity index (χ2v) is 4.61. The van der Waals surface area contributed by atoms with E-state index in [0.29, 0.717) is 30.6 Å². The zero-order valence-corrected chi connectivity index (χ0v) is 16.4. The SMILES string of the molecule is CCNC(=NCc1ccon1)Nc1ccc(OC)c(OCC)c1.I. The molecule has 0 aliphatic heterocycles. The number of methoxy groups -OCH3 is 1. The maximum atomic E-state index is 5.58. The van der Waals surface area contributed by atoms with Crippen LogP contribution in [0.5, 0.6) is 11.5 Å². The van der Waals surface area contributed by atoms with Crippen LogP contribution in [0.3, 0.4) is 0 Å². The molecule has 0 spiro atoms. The van der Waals surface area contributed by atoms with Crippen LogP contribution in [0.1, 0.15) is 19.5 Å². The Hall–Kier alpha value is -1.97. The van der Waals surface area contributed by atoms with Gasteiger partial charge in [0.1, 0.15) is 12.0 Å². The van der Waals surface area contributed by atoms with Crippen molar-refractivity contribution in [3.63, 3.8) is 0 Å². The van der Waals surface area contributed by atoms with Crippen LogP contribution in [0.2, 0.25) is 0 Å². The highest BCUT2D eigenvalue weighted by atomic mass is 127. The highest BCUT2D eigenvalue weighted by Gasteiger charge is 2.07. The second-order valence-electron chi connectivity index (χ2n) is 4.61. The minimum Gasteiger partial charge on any atom is -0.493 e. The molecule has 0 unspecified atom stereocenters. The number of aromatic nitrogens is 1. The first-order valence-corrected chi connectivity index (χ1v) is 7.52. The Morgan fingerprint density at radius 1 is 1.25 bits per heavy atom. The van der Waals surface area contributed by atoms with Crippen molar-refractivity contribution in [3.8, 4) is 11.5 Å². The van der Waals surface area contributed by atoms with E-state index in [4.69, 9.17) is 14.0 Å². The molecule has 2 rings (SSSR count). The summed E-state index contributed by atoms with van der Waals surface area (Å²) in [6, 6.07) is 7.43. The van der Waals surface area contributed by atoms with Crippen molar-refractivity contribution < 1.29 is 14.0 Å². The maximum Gasteiger partial charge on any atom is 0.196 e. The van der Waals surface area contributed by atoms with Gasteiger partial charge in [0.05, 0.1) is 20.3 Å². The standard InChI is InChI=1S/C16H22N4O3.HI/c1-4-17-16(18-11-13-8-9-23-20-13)19-12-6-7-14(21-3)15(10-12)22-5-2;/h6-10H,4-5,11H2,1-3H3,(H2,17,18,19);1H. The van der Waals surface area contributed by atoms with Crippen LogP contribution < -0.4 is 20.1 Å². The summed E-state index contributed by atoms with van der Waals surface area (Å²) in [6.45, 7) is 5.69. The number of anilines is 1. The molecule has 0 bridgehead atoms. The lowest BCUT2D eigenvalue weighted by Crippen LogP contribution is -2.30. The number of aliphatic imine (C=N–C) groups is 1. The first-order valence-electron chi connectivity index (χ1n) is 7.52. The molecule has 0 saturated carbocycles. The average molecular weight is 446 g/mol. The van der Waals surface area contributed by atoms with E-state index in [0.717, 1.165) is 17.9 Å². The number of hydrogen-bond donors (Lipinski definition) is 2. The molecule has 0 fully saturated rings. The van der Waals surface area contributed by atoms with E-state index < -0.39 is 0 Å². The van der Waals surface area contributed by atoms with Gasteiger partial charge in [0.15, 0.2) is 17.5 Å². The molecule has 1 heterocycles. The lowest BCUT2D eigenvalue weighted by molar-refractivity contribution is 0.311. The highest BCUT2D eigenvalue weighted by Crippen LogP contribution is 2.30. The van der Waals surface area contributed by atoms with E-state index in [1.807, 2.05) is 32.0 Å². The van der Waals surface area contributed by atoms with E-state index in [-0.39, 0.29) is 24.0 Å². The lowest BCUT2D eigenvalue weighted by atomic mass is 10.2. The fourth-order valence-electron chi connectivity index (χ4n) is 1.95. The molecule has 0 amide bonds. The Bertz CT molecular complexity index is 632. The lowest BCUT2D eigenvalue weighted by Gasteiger charge is -2.14. The zero-order chi connectivity index (χ0) is 16.5. The fourth-order valence-corrected chi connectivity index (χ4v) is 1.95. The van der Waals surface area contributed by atoms with E-state index >= 15 is 0 Å². The minimum atomic E-state index is 0. The van der Waals surface area contributed by atoms with Crippen LogP contribution in [-0.4, -0.2) is 31.4 Å². The first-order chi connectivity index (χ1) is 11.3. The van der Waals surface area contributed by atoms with Gasteiger partial charge in [-0.2, -0.15) is 0 Å². The molecule has 0 aliphatic carbocycles. The summed E-state index contributed by atoms with van der Waals surface area (Å²) in [5.74, 6) is 2.04. The molecule has 2 N–H and O–H groups in total. The number of guanidine groups is 1. The third-order valence-corrected chi connectivity index (χ3v) is 2.96. The van der Waals surface area contributed by atoms with Crippen LogP contribution in [0.15, 0.2) is 40.0 Å². The smallest absolute Gasteiger partial charge is 0.196 e. The van der Waals surface area contributed by atoms with Gasteiger partial charge in [-0.3, -0.25) is 0 Å². The van der Waals surface area contributed by atoms with Gasteiger partial charge >= 0.3 is 0 Å². The number of nitrogens with zero attached hydrogens (tertiary/aromatic N) is 2. The number of nitrogens with one attached hydrogen (secondary N) is 2. The van der Waals surface area contributed by atoms with Crippen molar-refractivity contribution >= 4 is 35.6 Å². The van der Waals surface area contributed by atoms with Gasteiger partial charge in [-0.25, -0.2) is 4.99 Å². The topological polar surface area (TPSA) is 80.9 Å². The molecule has 0 aliphatic rings. The molecule has 24 heavy (non-hydrogen) atoms. The summed E-state index contributed by atoms with van der Waals surface area (Å²) < 4.78 is 15.7. The van der Waals surface area contributed by atoms with Crippen molar-refractivity contribution in [3.05, 3.63) is 36.2 Å². The molecular weight excluding hydrogens is 423 g/mol. The Labute approximate surface area is 158 Å². The van der Waals surface area contributed by atoms with Gasteiger partial charge in [-0.15, -0.1) is 24.0 Å². The molecule has 2 aromatic rings. The van der Waals surface area contributed by atoms with Gasteiger partial charge < -0.3 is 24.6 Å². The van der Waals surface area contributed by atoms with E-state index in [2.05, 4.69) is 20.8 Å². The third-order valence-electron chi connectivity index (χ3n) is 2.96. The Morgan fingerprint density at radius 2 is 2.08 bits per heavy atom. The fraction of sp³-hybridized carbons (Fsp3) is 0.375. The van der Waals surface area contributed by atoms with Crippen molar-refractivity contribution in [1.29, 1.82) is 0 Å². The molecule has 132 valence electrons. The van der Waals surface area contributed by atoms with Crippen LogP contribution >= 0.6 is 24.0 Å². The van der Waals surface area contributed by atoms with Gasteiger partial charge in [-0.05, 0) is 26.0 Å². The van der Waals surface area contributed by atoms with Gasteiger partial charge in [-0.1, -0.05) is 5.16 Å². The van der Waals surface area contributed by atoms with Crippen molar-refractivity contribution in [2.24, 2.45) is 4.99 Å². The van der Waals surface area contributed by atoms with Gasteiger partial charge in [0.2, 0.25) is 0 Å². The summed E-state index contributed by atoms with van der Waals surface area (Å²) >= 11 is 0. The summed E-state index contributed by atoms with van der Waals surface area (Å²) in [4.78, 5) is 4.47. The summed E-state index contributed by atoms with van der Waals surface area (Å²) in [7, 11) is 1.62. The van der Waals surface area contributed by atoms with E-state index in [1.54, 1.807) is 13.2 Å². The van der Waals surface area contributed by atoms with Gasteiger partial charge in [0, 0.05) is 24.4 Å². The summed E-state index contributed by atoms with van der Waals surface area (Å²) in [5.41, 5.74) is 1.63. The molecule has 0 atom stereocenters. The molecular formula is C16H23IN4O3. The molecule has 1 aromatic carbocycles. The van der Waals surface area contributed by atoms with Crippen molar-refractivity contribution in [2.45, 2.75) is 20.4 Å². The first kappa shape index (κ1) is 20.1. The van der Waals surface area contributed by atoms with Crippen molar-refractivity contribution in [2.75, 3.05) is 25.6 Å².